The molecule has 0 unspecified atom stereocenters. The minimum Gasteiger partial charge on any atom is -0.478 e. The fraction of sp³-hybridized carbons (Fsp3) is 0.462. The molecular weight excluding hydrogens is 202 g/mol. The van der Waals surface area contributed by atoms with E-state index in [1.54, 1.807) is 12.1 Å². The number of hydrogen-bond acceptors (Lipinski definition) is 2. The summed E-state index contributed by atoms with van der Waals surface area (Å²) in [7, 11) is 0. The van der Waals surface area contributed by atoms with E-state index in [-0.39, 0.29) is 0 Å². The van der Waals surface area contributed by atoms with Gasteiger partial charge in [0.1, 0.15) is 0 Å². The molecule has 0 bridgehead atoms. The third kappa shape index (κ3) is 4.03. The van der Waals surface area contributed by atoms with Crippen molar-refractivity contribution in [1.82, 2.24) is 5.32 Å². The maximum atomic E-state index is 10.9. The second kappa shape index (κ2) is 7.01. The number of rotatable bonds is 7. The van der Waals surface area contributed by atoms with E-state index in [4.69, 9.17) is 5.11 Å². The van der Waals surface area contributed by atoms with Gasteiger partial charge in [0.2, 0.25) is 0 Å². The highest BCUT2D eigenvalue weighted by molar-refractivity contribution is 5.89. The smallest absolute Gasteiger partial charge is 0.335 e. The van der Waals surface area contributed by atoms with Crippen LogP contribution >= 0.6 is 0 Å². The van der Waals surface area contributed by atoms with Crippen LogP contribution in [0, 0.1) is 0 Å². The molecule has 16 heavy (non-hydrogen) atoms. The first-order chi connectivity index (χ1) is 7.75. The Balaban J connectivity index is 2.44. The molecule has 0 aliphatic carbocycles. The summed E-state index contributed by atoms with van der Waals surface area (Å²) < 4.78 is 0. The van der Waals surface area contributed by atoms with Gasteiger partial charge in [0, 0.05) is 0 Å². The van der Waals surface area contributed by atoms with E-state index in [2.05, 4.69) is 12.2 Å². The zero-order valence-electron chi connectivity index (χ0n) is 9.70. The first-order valence-electron chi connectivity index (χ1n) is 5.77. The van der Waals surface area contributed by atoms with E-state index in [1.807, 2.05) is 12.1 Å². The first-order valence-corrected chi connectivity index (χ1v) is 5.77. The molecule has 0 amide bonds. The summed E-state index contributed by atoms with van der Waals surface area (Å²) >= 11 is 0. The number of benzene rings is 1. The average molecular weight is 221 g/mol. The van der Waals surface area contributed by atoms with Crippen molar-refractivity contribution in [2.24, 2.45) is 0 Å². The highest BCUT2D eigenvalue weighted by atomic mass is 16.4. The molecule has 1 aromatic carbocycles. The molecule has 1 rings (SSSR count). The van der Waals surface area contributed by atoms with Gasteiger partial charge in [-0.15, -0.1) is 0 Å². The number of unbranched alkanes of at least 4 members (excludes halogenated alkanes) is 1. The van der Waals surface area contributed by atoms with Gasteiger partial charge in [0.05, 0.1) is 5.56 Å². The highest BCUT2D eigenvalue weighted by Crippen LogP contribution is 2.08. The molecule has 0 aromatic heterocycles. The Morgan fingerprint density at radius 2 is 2.06 bits per heavy atom. The van der Waals surface area contributed by atoms with Crippen LogP contribution in [0.1, 0.15) is 35.7 Å². The monoisotopic (exact) mass is 221 g/mol. The molecule has 0 heterocycles. The summed E-state index contributed by atoms with van der Waals surface area (Å²) in [6.07, 6.45) is 3.12. The van der Waals surface area contributed by atoms with Gasteiger partial charge in [0.15, 0.2) is 0 Å². The van der Waals surface area contributed by atoms with Crippen LogP contribution < -0.4 is 5.32 Å². The fourth-order valence-electron chi connectivity index (χ4n) is 1.60. The Morgan fingerprint density at radius 1 is 1.31 bits per heavy atom. The fourth-order valence-corrected chi connectivity index (χ4v) is 1.60. The minimum absolute atomic E-state index is 0.416. The predicted molar refractivity (Wildman–Crippen MR) is 64.9 cm³/mol. The Bertz CT molecular complexity index is 336. The van der Waals surface area contributed by atoms with Gasteiger partial charge in [0.25, 0.3) is 0 Å². The van der Waals surface area contributed by atoms with Crippen molar-refractivity contribution in [3.05, 3.63) is 35.4 Å². The molecule has 0 aliphatic rings. The third-order valence-corrected chi connectivity index (χ3v) is 2.53. The third-order valence-electron chi connectivity index (χ3n) is 2.53. The molecule has 0 saturated carbocycles. The van der Waals surface area contributed by atoms with E-state index in [0.29, 0.717) is 5.56 Å². The molecule has 3 nitrogen and oxygen atoms in total. The Labute approximate surface area is 96.5 Å². The average Bonchev–Trinajstić information content (AvgIpc) is 2.29. The molecule has 88 valence electrons. The van der Waals surface area contributed by atoms with Crippen molar-refractivity contribution in [1.29, 1.82) is 0 Å². The number of carboxylic acid groups (broad SMARTS) is 1. The summed E-state index contributed by atoms with van der Waals surface area (Å²) in [6, 6.07) is 7.18. The van der Waals surface area contributed by atoms with Crippen molar-refractivity contribution in [2.45, 2.75) is 26.2 Å². The van der Waals surface area contributed by atoms with Crippen molar-refractivity contribution >= 4 is 5.97 Å². The van der Waals surface area contributed by atoms with E-state index >= 15 is 0 Å². The quantitative estimate of drug-likeness (QED) is 0.695. The van der Waals surface area contributed by atoms with E-state index in [9.17, 15) is 4.79 Å². The van der Waals surface area contributed by atoms with Crippen LogP contribution in [0.4, 0.5) is 0 Å². The minimum atomic E-state index is -0.843. The van der Waals surface area contributed by atoms with Crippen LogP contribution in [0.5, 0.6) is 0 Å². The van der Waals surface area contributed by atoms with Crippen LogP contribution in [-0.2, 0) is 6.42 Å². The molecule has 1 aromatic rings. The first kappa shape index (κ1) is 12.7. The van der Waals surface area contributed by atoms with Crippen molar-refractivity contribution < 1.29 is 9.90 Å². The molecule has 2 N–H and O–H groups in total. The summed E-state index contributed by atoms with van der Waals surface area (Å²) in [5.41, 5.74) is 1.32. The summed E-state index contributed by atoms with van der Waals surface area (Å²) in [6.45, 7) is 4.00. The SMILES string of the molecule is CCCCNCCc1ccccc1C(=O)O. The summed E-state index contributed by atoms with van der Waals surface area (Å²) in [5.74, 6) is -0.843. The largest absolute Gasteiger partial charge is 0.478 e. The van der Waals surface area contributed by atoms with Gasteiger partial charge < -0.3 is 10.4 Å². The van der Waals surface area contributed by atoms with E-state index in [0.717, 1.165) is 25.1 Å². The lowest BCUT2D eigenvalue weighted by molar-refractivity contribution is 0.0695. The maximum absolute atomic E-state index is 10.9. The number of carbonyl (C=O) groups is 1. The standard InChI is InChI=1S/C13H19NO2/c1-2-3-9-14-10-8-11-6-4-5-7-12(11)13(15)16/h4-7,14H,2-3,8-10H2,1H3,(H,15,16). The van der Waals surface area contributed by atoms with E-state index < -0.39 is 5.97 Å². The summed E-state index contributed by atoms with van der Waals surface area (Å²) in [5, 5.41) is 12.3. The molecule has 3 heteroatoms. The number of nitrogens with one attached hydrogen (secondary N) is 1. The molecule has 0 radical (unpaired) electrons. The lowest BCUT2D eigenvalue weighted by Gasteiger charge is -2.06. The molecule has 0 atom stereocenters. The molecule has 0 spiro atoms. The summed E-state index contributed by atoms with van der Waals surface area (Å²) in [4.78, 5) is 10.9. The number of carboxylic acids is 1. The zero-order valence-corrected chi connectivity index (χ0v) is 9.70. The topological polar surface area (TPSA) is 49.3 Å². The lowest BCUT2D eigenvalue weighted by atomic mass is 10.0. The lowest BCUT2D eigenvalue weighted by Crippen LogP contribution is -2.19. The molecular formula is C13H19NO2. The predicted octanol–water partition coefficient (Wildman–Crippen LogP) is 2.32. The van der Waals surface area contributed by atoms with Crippen molar-refractivity contribution in [3.63, 3.8) is 0 Å². The van der Waals surface area contributed by atoms with Crippen LogP contribution in [0.2, 0.25) is 0 Å². The van der Waals surface area contributed by atoms with Crippen LogP contribution in [0.3, 0.4) is 0 Å². The Kier molecular flexibility index (Phi) is 5.57. The van der Waals surface area contributed by atoms with Crippen LogP contribution in [0.15, 0.2) is 24.3 Å². The Morgan fingerprint density at radius 3 is 2.75 bits per heavy atom. The van der Waals surface area contributed by atoms with Gasteiger partial charge in [-0.2, -0.15) is 0 Å². The maximum Gasteiger partial charge on any atom is 0.335 e. The zero-order chi connectivity index (χ0) is 11.8. The second-order valence-electron chi connectivity index (χ2n) is 3.82. The van der Waals surface area contributed by atoms with Gasteiger partial charge in [-0.3, -0.25) is 0 Å². The molecule has 0 saturated heterocycles. The number of hydrogen-bond donors (Lipinski definition) is 2. The normalized spacial score (nSPS) is 10.3. The van der Waals surface area contributed by atoms with Crippen LogP contribution in [-0.4, -0.2) is 24.2 Å². The van der Waals surface area contributed by atoms with Crippen LogP contribution in [0.25, 0.3) is 0 Å². The molecule has 0 fully saturated rings. The van der Waals surface area contributed by atoms with Gasteiger partial charge in [-0.05, 0) is 37.6 Å². The Hall–Kier alpha value is -1.35. The van der Waals surface area contributed by atoms with Crippen molar-refractivity contribution in [3.8, 4) is 0 Å². The second-order valence-corrected chi connectivity index (χ2v) is 3.82. The van der Waals surface area contributed by atoms with Gasteiger partial charge in [-0.1, -0.05) is 31.5 Å². The molecule has 0 aliphatic heterocycles. The van der Waals surface area contributed by atoms with E-state index in [1.165, 1.54) is 12.8 Å². The van der Waals surface area contributed by atoms with Crippen molar-refractivity contribution in [2.75, 3.05) is 13.1 Å². The highest BCUT2D eigenvalue weighted by Gasteiger charge is 2.07. The van der Waals surface area contributed by atoms with Gasteiger partial charge >= 0.3 is 5.97 Å². The number of aromatic carboxylic acids is 1. The van der Waals surface area contributed by atoms with Gasteiger partial charge in [-0.25, -0.2) is 4.79 Å².